The van der Waals surface area contributed by atoms with E-state index < -0.39 is 0 Å². The number of amides is 1. The Morgan fingerprint density at radius 1 is 1.04 bits per heavy atom. The second-order valence-electron chi connectivity index (χ2n) is 6.58. The molecule has 2 saturated heterocycles. The van der Waals surface area contributed by atoms with Gasteiger partial charge in [-0.1, -0.05) is 19.8 Å². The summed E-state index contributed by atoms with van der Waals surface area (Å²) in [5.74, 6) is 0.131. The minimum absolute atomic E-state index is 0.125. The lowest BCUT2D eigenvalue weighted by Crippen LogP contribution is -2.54. The van der Waals surface area contributed by atoms with Gasteiger partial charge in [-0.2, -0.15) is 0 Å². The van der Waals surface area contributed by atoms with E-state index in [0.717, 1.165) is 71.4 Å². The third-order valence-corrected chi connectivity index (χ3v) is 4.97. The van der Waals surface area contributed by atoms with Crippen molar-refractivity contribution in [2.75, 3.05) is 52.9 Å². The minimum atomic E-state index is -0.128. The number of piperazine rings is 1. The molecule has 0 aliphatic carbocycles. The van der Waals surface area contributed by atoms with E-state index >= 15 is 0 Å². The number of unbranched alkanes of at least 4 members (excludes halogenated alkanes) is 1. The van der Waals surface area contributed by atoms with Crippen LogP contribution in [0, 0.1) is 0 Å². The number of nitrogens with zero attached hydrogens (tertiary/aromatic N) is 3. The molecule has 6 nitrogen and oxygen atoms in total. The van der Waals surface area contributed by atoms with Gasteiger partial charge >= 0.3 is 5.97 Å². The normalized spacial score (nSPS) is 21.4. The fraction of sp³-hybridized carbons (Fsp3) is 0.882. The molecule has 0 aromatic heterocycles. The quantitative estimate of drug-likeness (QED) is 0.653. The highest BCUT2D eigenvalue weighted by Crippen LogP contribution is 2.15. The first-order chi connectivity index (χ1) is 11.2. The van der Waals surface area contributed by atoms with E-state index in [4.69, 9.17) is 4.74 Å². The van der Waals surface area contributed by atoms with Crippen LogP contribution in [0.5, 0.6) is 0 Å². The Morgan fingerprint density at radius 2 is 1.70 bits per heavy atom. The smallest absolute Gasteiger partial charge is 0.323 e. The van der Waals surface area contributed by atoms with Gasteiger partial charge in [-0.3, -0.25) is 19.4 Å². The number of methoxy groups -OCH3 is 1. The molecule has 2 heterocycles. The van der Waals surface area contributed by atoms with Crippen molar-refractivity contribution >= 4 is 11.9 Å². The molecule has 0 aromatic rings. The summed E-state index contributed by atoms with van der Waals surface area (Å²) in [6.45, 7) is 7.84. The average Bonchev–Trinajstić information content (AvgIpc) is 3.11. The second kappa shape index (κ2) is 9.23. The summed E-state index contributed by atoms with van der Waals surface area (Å²) in [6.07, 6.45) is 5.25. The van der Waals surface area contributed by atoms with Crippen LogP contribution < -0.4 is 0 Å². The summed E-state index contributed by atoms with van der Waals surface area (Å²) in [6, 6.07) is -0.128. The SMILES string of the molecule is CCCC[C@@H](C(=O)OC)N1CCN(CC(=O)N2CCCC2)CC1. The van der Waals surface area contributed by atoms with Crippen molar-refractivity contribution in [2.24, 2.45) is 0 Å². The van der Waals surface area contributed by atoms with Crippen molar-refractivity contribution in [2.45, 2.75) is 45.1 Å². The van der Waals surface area contributed by atoms with Gasteiger partial charge in [0, 0.05) is 39.3 Å². The van der Waals surface area contributed by atoms with Crippen LogP contribution in [-0.4, -0.2) is 85.5 Å². The lowest BCUT2D eigenvalue weighted by atomic mass is 10.1. The topological polar surface area (TPSA) is 53.1 Å². The summed E-state index contributed by atoms with van der Waals surface area (Å²) in [4.78, 5) is 30.6. The Labute approximate surface area is 139 Å². The van der Waals surface area contributed by atoms with Gasteiger partial charge in [-0.15, -0.1) is 0 Å². The average molecular weight is 325 g/mol. The Bertz CT molecular complexity index is 389. The van der Waals surface area contributed by atoms with Crippen LogP contribution in [0.25, 0.3) is 0 Å². The number of likely N-dealkylation sites (tertiary alicyclic amines) is 1. The molecule has 0 radical (unpaired) electrons. The summed E-state index contributed by atoms with van der Waals surface area (Å²) in [5.41, 5.74) is 0. The number of carbonyl (C=O) groups excluding carboxylic acids is 2. The predicted molar refractivity (Wildman–Crippen MR) is 89.2 cm³/mol. The molecule has 6 heteroatoms. The molecule has 2 rings (SSSR count). The van der Waals surface area contributed by atoms with Gasteiger partial charge in [-0.05, 0) is 19.3 Å². The molecule has 2 fully saturated rings. The second-order valence-corrected chi connectivity index (χ2v) is 6.58. The molecule has 23 heavy (non-hydrogen) atoms. The van der Waals surface area contributed by atoms with Crippen LogP contribution in [0.4, 0.5) is 0 Å². The van der Waals surface area contributed by atoms with Crippen molar-refractivity contribution in [1.29, 1.82) is 0 Å². The Hall–Kier alpha value is -1.14. The third kappa shape index (κ3) is 5.18. The molecular weight excluding hydrogens is 294 g/mol. The van der Waals surface area contributed by atoms with Gasteiger partial charge in [0.1, 0.15) is 6.04 Å². The molecule has 1 atom stereocenters. The molecule has 0 spiro atoms. The van der Waals surface area contributed by atoms with Crippen molar-refractivity contribution in [3.8, 4) is 0 Å². The highest BCUT2D eigenvalue weighted by Gasteiger charge is 2.30. The molecule has 0 aromatic carbocycles. The lowest BCUT2D eigenvalue weighted by molar-refractivity contribution is -0.148. The summed E-state index contributed by atoms with van der Waals surface area (Å²) < 4.78 is 4.97. The Morgan fingerprint density at radius 3 is 2.26 bits per heavy atom. The summed E-state index contributed by atoms with van der Waals surface area (Å²) in [5, 5.41) is 0. The maximum atomic E-state index is 12.2. The van der Waals surface area contributed by atoms with Crippen LogP contribution in [0.1, 0.15) is 39.0 Å². The van der Waals surface area contributed by atoms with E-state index in [-0.39, 0.29) is 17.9 Å². The van der Waals surface area contributed by atoms with Gasteiger partial charge in [0.05, 0.1) is 13.7 Å². The Kier molecular flexibility index (Phi) is 7.30. The number of esters is 1. The van der Waals surface area contributed by atoms with Crippen molar-refractivity contribution in [1.82, 2.24) is 14.7 Å². The van der Waals surface area contributed by atoms with Crippen molar-refractivity contribution < 1.29 is 14.3 Å². The fourth-order valence-electron chi connectivity index (χ4n) is 3.47. The van der Waals surface area contributed by atoms with Crippen LogP contribution in [0.2, 0.25) is 0 Å². The highest BCUT2D eigenvalue weighted by atomic mass is 16.5. The molecule has 2 aliphatic rings. The van der Waals surface area contributed by atoms with E-state index in [9.17, 15) is 9.59 Å². The van der Waals surface area contributed by atoms with Crippen LogP contribution in [0.15, 0.2) is 0 Å². The predicted octanol–water partition coefficient (Wildman–Crippen LogP) is 0.958. The molecule has 1 amide bonds. The first kappa shape index (κ1) is 18.2. The first-order valence-electron chi connectivity index (χ1n) is 8.97. The molecule has 0 bridgehead atoms. The maximum Gasteiger partial charge on any atom is 0.323 e. The highest BCUT2D eigenvalue weighted by molar-refractivity contribution is 5.78. The molecule has 0 saturated carbocycles. The number of carbonyl (C=O) groups is 2. The van der Waals surface area contributed by atoms with Crippen molar-refractivity contribution in [3.05, 3.63) is 0 Å². The van der Waals surface area contributed by atoms with Gasteiger partial charge in [0.15, 0.2) is 0 Å². The number of hydrogen-bond acceptors (Lipinski definition) is 5. The molecule has 132 valence electrons. The Balaban J connectivity index is 1.79. The van der Waals surface area contributed by atoms with Crippen molar-refractivity contribution in [3.63, 3.8) is 0 Å². The molecule has 0 unspecified atom stereocenters. The van der Waals surface area contributed by atoms with Crippen LogP contribution in [0.3, 0.4) is 0 Å². The largest absolute Gasteiger partial charge is 0.468 e. The van der Waals surface area contributed by atoms with Crippen LogP contribution in [-0.2, 0) is 14.3 Å². The van der Waals surface area contributed by atoms with Gasteiger partial charge < -0.3 is 9.64 Å². The molecule has 0 N–H and O–H groups in total. The first-order valence-corrected chi connectivity index (χ1v) is 8.97. The van der Waals surface area contributed by atoms with E-state index in [0.29, 0.717) is 6.54 Å². The number of ether oxygens (including phenoxy) is 1. The molecular formula is C17H31N3O3. The van der Waals surface area contributed by atoms with Gasteiger partial charge in [0.2, 0.25) is 5.91 Å². The number of rotatable bonds is 7. The maximum absolute atomic E-state index is 12.2. The monoisotopic (exact) mass is 325 g/mol. The van der Waals surface area contributed by atoms with E-state index in [1.54, 1.807) is 0 Å². The summed E-state index contributed by atoms with van der Waals surface area (Å²) in [7, 11) is 1.46. The van der Waals surface area contributed by atoms with E-state index in [1.165, 1.54) is 7.11 Å². The van der Waals surface area contributed by atoms with E-state index in [1.807, 2.05) is 4.90 Å². The number of hydrogen-bond donors (Lipinski definition) is 0. The lowest BCUT2D eigenvalue weighted by Gasteiger charge is -2.38. The third-order valence-electron chi connectivity index (χ3n) is 4.97. The summed E-state index contributed by atoms with van der Waals surface area (Å²) >= 11 is 0. The zero-order valence-electron chi connectivity index (χ0n) is 14.6. The molecule has 2 aliphatic heterocycles. The van der Waals surface area contributed by atoms with Gasteiger partial charge in [0.25, 0.3) is 0 Å². The fourth-order valence-corrected chi connectivity index (χ4v) is 3.47. The zero-order chi connectivity index (χ0) is 16.7. The van der Waals surface area contributed by atoms with Crippen LogP contribution >= 0.6 is 0 Å². The standard InChI is InChI=1S/C17H31N3O3/c1-3-4-7-15(17(22)23-2)19-12-10-18(11-13-19)14-16(21)20-8-5-6-9-20/h15H,3-14H2,1-2H3/t15-/m0/s1. The van der Waals surface area contributed by atoms with Gasteiger partial charge in [-0.25, -0.2) is 0 Å². The van der Waals surface area contributed by atoms with E-state index in [2.05, 4.69) is 16.7 Å². The zero-order valence-corrected chi connectivity index (χ0v) is 14.6. The minimum Gasteiger partial charge on any atom is -0.468 e.